The highest BCUT2D eigenvalue weighted by atomic mass is 35.5. The molecule has 0 N–H and O–H groups in total. The van der Waals surface area contributed by atoms with Crippen molar-refractivity contribution in [2.75, 3.05) is 24.6 Å². The lowest BCUT2D eigenvalue weighted by molar-refractivity contribution is -0.117. The fourth-order valence-corrected chi connectivity index (χ4v) is 2.23. The number of anilines is 1. The first-order chi connectivity index (χ1) is 8.69. The first kappa shape index (κ1) is 15.0. The maximum absolute atomic E-state index is 11.9. The molecule has 0 radical (unpaired) electrons. The molecule has 18 heavy (non-hydrogen) atoms. The van der Waals surface area contributed by atoms with E-state index in [-0.39, 0.29) is 18.5 Å². The molecule has 0 unspecified atom stereocenters. The van der Waals surface area contributed by atoms with Crippen LogP contribution in [0.5, 0.6) is 0 Å². The van der Waals surface area contributed by atoms with Gasteiger partial charge in [0.25, 0.3) is 0 Å². The van der Waals surface area contributed by atoms with Crippen LogP contribution >= 0.6 is 11.6 Å². The SMILES string of the molecule is CCc1cccc(N(COC)C(=O)CCl)c1CC. The number of rotatable bonds is 6. The minimum absolute atomic E-state index is 0.0388. The van der Waals surface area contributed by atoms with Gasteiger partial charge >= 0.3 is 0 Å². The predicted octanol–water partition coefficient (Wildman–Crippen LogP) is 2.99. The average molecular weight is 270 g/mol. The van der Waals surface area contributed by atoms with Gasteiger partial charge < -0.3 is 4.74 Å². The second-order valence-electron chi connectivity index (χ2n) is 4.00. The summed E-state index contributed by atoms with van der Waals surface area (Å²) in [5.41, 5.74) is 3.36. The van der Waals surface area contributed by atoms with Crippen LogP contribution in [0, 0.1) is 0 Å². The van der Waals surface area contributed by atoms with E-state index in [0.717, 1.165) is 18.5 Å². The monoisotopic (exact) mass is 269 g/mol. The molecular weight excluding hydrogens is 250 g/mol. The molecule has 1 rings (SSSR count). The molecule has 1 amide bonds. The molecule has 100 valence electrons. The number of aryl methyl sites for hydroxylation is 1. The Bertz CT molecular complexity index is 407. The minimum atomic E-state index is -0.138. The molecular formula is C14H20ClNO2. The molecule has 0 heterocycles. The zero-order chi connectivity index (χ0) is 13.5. The Kier molecular flexibility index (Phi) is 6.16. The lowest BCUT2D eigenvalue weighted by Crippen LogP contribution is -2.34. The highest BCUT2D eigenvalue weighted by molar-refractivity contribution is 6.29. The Morgan fingerprint density at radius 2 is 2.06 bits per heavy atom. The molecule has 0 saturated carbocycles. The van der Waals surface area contributed by atoms with Crippen LogP contribution in [0.3, 0.4) is 0 Å². The van der Waals surface area contributed by atoms with Crippen LogP contribution in [0.1, 0.15) is 25.0 Å². The van der Waals surface area contributed by atoms with Crippen molar-refractivity contribution in [1.29, 1.82) is 0 Å². The van der Waals surface area contributed by atoms with Gasteiger partial charge in [-0.1, -0.05) is 26.0 Å². The minimum Gasteiger partial charge on any atom is -0.364 e. The number of halogens is 1. The van der Waals surface area contributed by atoms with Crippen molar-refractivity contribution in [1.82, 2.24) is 0 Å². The van der Waals surface area contributed by atoms with Crippen molar-refractivity contribution >= 4 is 23.2 Å². The molecule has 0 bridgehead atoms. The molecule has 0 aliphatic heterocycles. The van der Waals surface area contributed by atoms with Crippen molar-refractivity contribution in [2.45, 2.75) is 26.7 Å². The Balaban J connectivity index is 3.22. The fourth-order valence-electron chi connectivity index (χ4n) is 2.09. The van der Waals surface area contributed by atoms with Gasteiger partial charge in [-0.05, 0) is 30.0 Å². The van der Waals surface area contributed by atoms with E-state index in [1.54, 1.807) is 12.0 Å². The molecule has 3 nitrogen and oxygen atoms in total. The number of ether oxygens (including phenoxy) is 1. The number of benzene rings is 1. The summed E-state index contributed by atoms with van der Waals surface area (Å²) in [5.74, 6) is -0.176. The van der Waals surface area contributed by atoms with Crippen LogP contribution in [-0.4, -0.2) is 25.6 Å². The third-order valence-electron chi connectivity index (χ3n) is 2.95. The van der Waals surface area contributed by atoms with E-state index in [1.165, 1.54) is 11.1 Å². The summed E-state index contributed by atoms with van der Waals surface area (Å²) in [4.78, 5) is 13.5. The number of amides is 1. The van der Waals surface area contributed by atoms with Crippen molar-refractivity contribution in [3.63, 3.8) is 0 Å². The molecule has 1 aromatic rings. The van der Waals surface area contributed by atoms with E-state index in [2.05, 4.69) is 19.9 Å². The summed E-state index contributed by atoms with van der Waals surface area (Å²) in [7, 11) is 1.57. The highest BCUT2D eigenvalue weighted by Crippen LogP contribution is 2.25. The molecule has 0 spiro atoms. The van der Waals surface area contributed by atoms with Crippen molar-refractivity contribution in [3.05, 3.63) is 29.3 Å². The van der Waals surface area contributed by atoms with Crippen LogP contribution < -0.4 is 4.90 Å². The number of alkyl halides is 1. The Hall–Kier alpha value is -1.06. The summed E-state index contributed by atoms with van der Waals surface area (Å²) < 4.78 is 5.10. The van der Waals surface area contributed by atoms with Crippen LogP contribution in [0.2, 0.25) is 0 Å². The molecule has 4 heteroatoms. The maximum Gasteiger partial charge on any atom is 0.243 e. The van der Waals surface area contributed by atoms with E-state index in [4.69, 9.17) is 16.3 Å². The van der Waals surface area contributed by atoms with Gasteiger partial charge in [0.1, 0.15) is 12.6 Å². The van der Waals surface area contributed by atoms with Gasteiger partial charge in [0.2, 0.25) is 5.91 Å². The van der Waals surface area contributed by atoms with Gasteiger partial charge in [0, 0.05) is 12.8 Å². The van der Waals surface area contributed by atoms with Crippen LogP contribution in [0.15, 0.2) is 18.2 Å². The highest BCUT2D eigenvalue weighted by Gasteiger charge is 2.18. The smallest absolute Gasteiger partial charge is 0.243 e. The van der Waals surface area contributed by atoms with Crippen molar-refractivity contribution in [2.24, 2.45) is 0 Å². The lowest BCUT2D eigenvalue weighted by Gasteiger charge is -2.24. The molecule has 1 aromatic carbocycles. The van der Waals surface area contributed by atoms with Crippen LogP contribution in [-0.2, 0) is 22.4 Å². The summed E-state index contributed by atoms with van der Waals surface area (Å²) >= 11 is 5.65. The largest absolute Gasteiger partial charge is 0.364 e. The first-order valence-electron chi connectivity index (χ1n) is 6.15. The normalized spacial score (nSPS) is 10.4. The third kappa shape index (κ3) is 3.24. The van der Waals surface area contributed by atoms with E-state index in [0.29, 0.717) is 0 Å². The van der Waals surface area contributed by atoms with E-state index in [9.17, 15) is 4.79 Å². The van der Waals surface area contributed by atoms with Crippen molar-refractivity contribution in [3.8, 4) is 0 Å². The summed E-state index contributed by atoms with van der Waals surface area (Å²) in [6.07, 6.45) is 1.84. The van der Waals surface area contributed by atoms with E-state index >= 15 is 0 Å². The van der Waals surface area contributed by atoms with Crippen LogP contribution in [0.25, 0.3) is 0 Å². The average Bonchev–Trinajstić information content (AvgIpc) is 2.42. The van der Waals surface area contributed by atoms with Gasteiger partial charge in [-0.25, -0.2) is 0 Å². The number of methoxy groups -OCH3 is 1. The molecule has 0 atom stereocenters. The zero-order valence-corrected chi connectivity index (χ0v) is 12.0. The predicted molar refractivity (Wildman–Crippen MR) is 75.3 cm³/mol. The number of hydrogen-bond acceptors (Lipinski definition) is 2. The lowest BCUT2D eigenvalue weighted by atomic mass is 10.0. The second-order valence-corrected chi connectivity index (χ2v) is 4.26. The number of hydrogen-bond donors (Lipinski definition) is 0. The Morgan fingerprint density at radius 1 is 1.33 bits per heavy atom. The van der Waals surface area contributed by atoms with Gasteiger partial charge in [-0.15, -0.1) is 11.6 Å². The van der Waals surface area contributed by atoms with Gasteiger partial charge in [-0.3, -0.25) is 9.69 Å². The quantitative estimate of drug-likeness (QED) is 0.587. The molecule has 0 aliphatic carbocycles. The van der Waals surface area contributed by atoms with Gasteiger partial charge in [0.05, 0.1) is 0 Å². The van der Waals surface area contributed by atoms with E-state index in [1.807, 2.05) is 12.1 Å². The maximum atomic E-state index is 11.9. The van der Waals surface area contributed by atoms with Crippen LogP contribution in [0.4, 0.5) is 5.69 Å². The summed E-state index contributed by atoms with van der Waals surface area (Å²) in [6.45, 7) is 4.43. The fraction of sp³-hybridized carbons (Fsp3) is 0.500. The zero-order valence-electron chi connectivity index (χ0n) is 11.2. The molecule has 0 aliphatic rings. The molecule has 0 aromatic heterocycles. The molecule has 0 fully saturated rings. The first-order valence-corrected chi connectivity index (χ1v) is 6.69. The second kappa shape index (κ2) is 7.39. The van der Waals surface area contributed by atoms with Crippen molar-refractivity contribution < 1.29 is 9.53 Å². The summed E-state index contributed by atoms with van der Waals surface area (Å²) in [6, 6.07) is 6.01. The van der Waals surface area contributed by atoms with Gasteiger partial charge in [-0.2, -0.15) is 0 Å². The van der Waals surface area contributed by atoms with E-state index < -0.39 is 0 Å². The topological polar surface area (TPSA) is 29.5 Å². The Labute approximate surface area is 114 Å². The Morgan fingerprint density at radius 3 is 2.56 bits per heavy atom. The number of carbonyl (C=O) groups excluding carboxylic acids is 1. The molecule has 0 saturated heterocycles. The number of nitrogens with zero attached hydrogens (tertiary/aromatic N) is 1. The van der Waals surface area contributed by atoms with Gasteiger partial charge in [0.15, 0.2) is 0 Å². The third-order valence-corrected chi connectivity index (χ3v) is 3.18. The number of carbonyl (C=O) groups is 1. The summed E-state index contributed by atoms with van der Waals surface area (Å²) in [5, 5.41) is 0. The standard InChI is InChI=1S/C14H20ClNO2/c1-4-11-7-6-8-13(12(11)5-2)16(10-18-3)14(17)9-15/h6-8H,4-5,9-10H2,1-3H3.